The number of piperidine rings is 3. The number of pyridine rings is 1. The van der Waals surface area contributed by atoms with Crippen molar-refractivity contribution in [2.45, 2.75) is 83.2 Å². The molecule has 0 saturated carbocycles. The monoisotopic (exact) mass is 846 g/mol. The fraction of sp³-hybridized carbons (Fsp3) is 0.488. The van der Waals surface area contributed by atoms with Gasteiger partial charge in [-0.05, 0) is 113 Å². The Morgan fingerprint density at radius 1 is 0.933 bits per heavy atom. The van der Waals surface area contributed by atoms with Gasteiger partial charge in [-0.3, -0.25) is 24.5 Å². The molecule has 8 rings (SSSR count). The minimum Gasteiger partial charge on any atom is -0.386 e. The van der Waals surface area contributed by atoms with Gasteiger partial charge in [-0.25, -0.2) is 9.97 Å². The van der Waals surface area contributed by atoms with Gasteiger partial charge in [0.15, 0.2) is 5.13 Å². The number of carbonyl (C=O) groups is 4. The highest BCUT2D eigenvalue weighted by molar-refractivity contribution is 7.22. The molecule has 2 aromatic carbocycles. The third-order valence-corrected chi connectivity index (χ3v) is 13.3. The van der Waals surface area contributed by atoms with Crippen LogP contribution in [0, 0.1) is 11.8 Å². The summed E-state index contributed by atoms with van der Waals surface area (Å²) in [7, 11) is 0. The molecular weight excluding hydrogens is 798 g/mol. The third kappa shape index (κ3) is 8.98. The van der Waals surface area contributed by atoms with Crippen LogP contribution >= 0.6 is 11.3 Å². The van der Waals surface area contributed by atoms with E-state index in [1.54, 1.807) is 30.9 Å². The van der Waals surface area contributed by atoms with Gasteiger partial charge < -0.3 is 30.4 Å². The zero-order valence-electron chi connectivity index (χ0n) is 33.6. The standard InChI is InChI=1S/C43H49F3N8O5S/c1-42(2,59)28-21-32-34(22-31(28)49-38(56)30-7-4-8-35(48-30)43(44,45)46)60-41(50-32)53-19-14-26(15-20-53)23-52-17-12-25(13-18-52)11-16-47-29-6-3-5-27-24-54(40(58)37(27)29)33-9-10-36(55)51-39(33)57/h3-8,21-22,25-26,33,47,59H,9-20,23-24H2,1-2H3,(H,49,56)(H,51,55,57). The Balaban J connectivity index is 0.806. The van der Waals surface area contributed by atoms with Crippen LogP contribution in [-0.4, -0.2) is 93.8 Å². The molecule has 3 fully saturated rings. The first kappa shape index (κ1) is 41.6. The molecule has 60 heavy (non-hydrogen) atoms. The highest BCUT2D eigenvalue weighted by Crippen LogP contribution is 2.39. The van der Waals surface area contributed by atoms with Crippen molar-refractivity contribution >= 4 is 61.7 Å². The number of aliphatic hydroxyl groups is 1. The number of benzene rings is 2. The molecule has 0 spiro atoms. The van der Waals surface area contributed by atoms with E-state index in [0.717, 1.165) is 105 Å². The van der Waals surface area contributed by atoms with E-state index in [1.165, 1.54) is 17.4 Å². The number of hydrogen-bond acceptors (Lipinski definition) is 11. The zero-order chi connectivity index (χ0) is 42.3. The van der Waals surface area contributed by atoms with Crippen molar-refractivity contribution in [2.75, 3.05) is 54.8 Å². The first-order valence-corrected chi connectivity index (χ1v) is 21.4. The predicted octanol–water partition coefficient (Wildman–Crippen LogP) is 6.38. The molecule has 3 saturated heterocycles. The van der Waals surface area contributed by atoms with Gasteiger partial charge in [0.05, 0.1) is 21.4 Å². The SMILES string of the molecule is CC(C)(O)c1cc2nc(N3CCC(CN4CCC(CCNc5cccc6c5C(=O)N(C5CCC(=O)NC5=O)C6)CC4)CC3)sc2cc1NC(=O)c1cccc(C(F)(F)F)n1. The second kappa shape index (κ2) is 16.7. The van der Waals surface area contributed by atoms with Crippen molar-refractivity contribution in [3.63, 3.8) is 0 Å². The number of nitrogens with one attached hydrogen (secondary N) is 3. The maximum Gasteiger partial charge on any atom is 0.433 e. The normalized spacial score (nSPS) is 19.8. The van der Waals surface area contributed by atoms with Gasteiger partial charge in [0, 0.05) is 56.1 Å². The third-order valence-electron chi connectivity index (χ3n) is 12.2. The maximum atomic E-state index is 13.4. The van der Waals surface area contributed by atoms with Gasteiger partial charge in [-0.1, -0.05) is 29.5 Å². The van der Waals surface area contributed by atoms with Gasteiger partial charge in [0.1, 0.15) is 17.4 Å². The van der Waals surface area contributed by atoms with Gasteiger partial charge in [-0.15, -0.1) is 0 Å². The van der Waals surface area contributed by atoms with E-state index in [1.807, 2.05) is 18.2 Å². The molecule has 1 unspecified atom stereocenters. The van der Waals surface area contributed by atoms with Crippen molar-refractivity contribution < 1.29 is 37.5 Å². The summed E-state index contributed by atoms with van der Waals surface area (Å²) in [6.45, 7) is 9.13. The Bertz CT molecular complexity index is 2300. The summed E-state index contributed by atoms with van der Waals surface area (Å²) in [6.07, 6.45) is 1.17. The molecular formula is C43H49F3N8O5S. The molecule has 0 aliphatic carbocycles. The molecule has 17 heteroatoms. The smallest absolute Gasteiger partial charge is 0.386 e. The van der Waals surface area contributed by atoms with Crippen molar-refractivity contribution in [1.82, 2.24) is 25.1 Å². The average Bonchev–Trinajstić information content (AvgIpc) is 3.78. The Hall–Kier alpha value is -5.13. The number of imide groups is 1. The van der Waals surface area contributed by atoms with Crippen molar-refractivity contribution in [3.05, 3.63) is 76.6 Å². The molecule has 6 heterocycles. The number of alkyl halides is 3. The van der Waals surface area contributed by atoms with E-state index >= 15 is 0 Å². The molecule has 4 N–H and O–H groups in total. The topological polar surface area (TPSA) is 160 Å². The molecule has 4 aliphatic heterocycles. The lowest BCUT2D eigenvalue weighted by Crippen LogP contribution is -2.52. The highest BCUT2D eigenvalue weighted by atomic mass is 32.1. The lowest BCUT2D eigenvalue weighted by atomic mass is 9.91. The summed E-state index contributed by atoms with van der Waals surface area (Å²) in [5, 5.41) is 20.4. The summed E-state index contributed by atoms with van der Waals surface area (Å²) in [5.74, 6) is -0.528. The summed E-state index contributed by atoms with van der Waals surface area (Å²) in [6, 6.07) is 11.8. The number of amides is 4. The summed E-state index contributed by atoms with van der Waals surface area (Å²) >= 11 is 1.48. The van der Waals surface area contributed by atoms with Crippen LogP contribution in [0.2, 0.25) is 0 Å². The predicted molar refractivity (Wildman–Crippen MR) is 222 cm³/mol. The fourth-order valence-electron chi connectivity index (χ4n) is 8.91. The molecule has 13 nitrogen and oxygen atoms in total. The summed E-state index contributed by atoms with van der Waals surface area (Å²) < 4.78 is 40.5. The second-order valence-electron chi connectivity index (χ2n) is 16.9. The van der Waals surface area contributed by atoms with Crippen molar-refractivity contribution in [1.29, 1.82) is 0 Å². The fourth-order valence-corrected chi connectivity index (χ4v) is 9.95. The van der Waals surface area contributed by atoms with Gasteiger partial charge in [0.25, 0.3) is 11.8 Å². The number of hydrogen-bond donors (Lipinski definition) is 4. The molecule has 0 bridgehead atoms. The number of nitrogens with zero attached hydrogens (tertiary/aromatic N) is 5. The zero-order valence-corrected chi connectivity index (χ0v) is 34.4. The van der Waals surface area contributed by atoms with Gasteiger partial charge in [-0.2, -0.15) is 13.2 Å². The minimum atomic E-state index is -4.69. The van der Waals surface area contributed by atoms with Crippen LogP contribution in [0.25, 0.3) is 10.2 Å². The van der Waals surface area contributed by atoms with Crippen molar-refractivity contribution in [3.8, 4) is 0 Å². The molecule has 2 aromatic heterocycles. The van der Waals surface area contributed by atoms with Gasteiger partial charge in [0.2, 0.25) is 11.8 Å². The van der Waals surface area contributed by atoms with E-state index in [4.69, 9.17) is 4.98 Å². The number of aromatic nitrogens is 2. The summed E-state index contributed by atoms with van der Waals surface area (Å²) in [5.41, 5.74) is 0.734. The lowest BCUT2D eigenvalue weighted by molar-refractivity contribution is -0.141. The van der Waals surface area contributed by atoms with Crippen LogP contribution in [0.5, 0.6) is 0 Å². The van der Waals surface area contributed by atoms with Crippen LogP contribution in [0.4, 0.5) is 29.7 Å². The Kier molecular flexibility index (Phi) is 11.6. The minimum absolute atomic E-state index is 0.168. The first-order chi connectivity index (χ1) is 28.6. The Morgan fingerprint density at radius 3 is 2.38 bits per heavy atom. The number of anilines is 3. The number of thiazole rings is 1. The van der Waals surface area contributed by atoms with Crippen molar-refractivity contribution in [2.24, 2.45) is 11.8 Å². The molecule has 4 amide bonds. The maximum absolute atomic E-state index is 13.4. The van der Waals surface area contributed by atoms with Crippen LogP contribution < -0.4 is 20.9 Å². The number of rotatable bonds is 11. The molecule has 4 aromatic rings. The summed E-state index contributed by atoms with van der Waals surface area (Å²) in [4.78, 5) is 65.5. The molecule has 0 radical (unpaired) electrons. The highest BCUT2D eigenvalue weighted by Gasteiger charge is 2.40. The van der Waals surface area contributed by atoms with Crippen LogP contribution in [0.15, 0.2) is 48.5 Å². The molecule has 318 valence electrons. The quantitative estimate of drug-likeness (QED) is 0.125. The van der Waals surface area contributed by atoms with E-state index in [-0.39, 0.29) is 29.6 Å². The van der Waals surface area contributed by atoms with Crippen LogP contribution in [-0.2, 0) is 27.9 Å². The average molecular weight is 847 g/mol. The van der Waals surface area contributed by atoms with Crippen LogP contribution in [0.3, 0.4) is 0 Å². The number of likely N-dealkylation sites (tertiary alicyclic amines) is 1. The lowest BCUT2D eigenvalue weighted by Gasteiger charge is -2.37. The first-order valence-electron chi connectivity index (χ1n) is 20.6. The number of fused-ring (bicyclic) bond motifs is 2. The number of halogens is 3. The van der Waals surface area contributed by atoms with E-state index in [9.17, 15) is 37.5 Å². The van der Waals surface area contributed by atoms with E-state index < -0.39 is 35.3 Å². The van der Waals surface area contributed by atoms with Gasteiger partial charge >= 0.3 is 6.18 Å². The molecule has 4 aliphatic rings. The second-order valence-corrected chi connectivity index (χ2v) is 17.9. The number of carbonyl (C=O) groups excluding carboxylic acids is 4. The Labute approximate surface area is 349 Å². The van der Waals surface area contributed by atoms with E-state index in [2.05, 4.69) is 30.7 Å². The van der Waals surface area contributed by atoms with E-state index in [0.29, 0.717) is 41.4 Å². The Morgan fingerprint density at radius 2 is 1.67 bits per heavy atom. The van der Waals surface area contributed by atoms with Crippen LogP contribution in [0.1, 0.15) is 96.5 Å². The largest absolute Gasteiger partial charge is 0.433 e. The molecule has 1 atom stereocenters.